The largest absolute Gasteiger partial charge is 0.497 e. The number of hydrogen-bond donors (Lipinski definition) is 3. The van der Waals surface area contributed by atoms with Crippen molar-refractivity contribution < 1.29 is 14.3 Å². The molecule has 1 atom stereocenters. The second-order valence-electron chi connectivity index (χ2n) is 5.98. The fourth-order valence-corrected chi connectivity index (χ4v) is 2.88. The van der Waals surface area contributed by atoms with Gasteiger partial charge in [-0.25, -0.2) is 0 Å². The maximum absolute atomic E-state index is 12.5. The first-order valence-electron chi connectivity index (χ1n) is 8.38. The van der Waals surface area contributed by atoms with Crippen molar-refractivity contribution in [2.75, 3.05) is 19.5 Å². The normalized spacial score (nSPS) is 11.9. The van der Waals surface area contributed by atoms with E-state index in [1.54, 1.807) is 37.4 Å². The van der Waals surface area contributed by atoms with Gasteiger partial charge in [0.2, 0.25) is 3.79 Å². The fourth-order valence-electron chi connectivity index (χ4n) is 2.32. The lowest BCUT2D eigenvalue weighted by Gasteiger charge is -2.28. The van der Waals surface area contributed by atoms with Crippen LogP contribution in [0.2, 0.25) is 0 Å². The Labute approximate surface area is 189 Å². The van der Waals surface area contributed by atoms with Crippen LogP contribution in [0.4, 0.5) is 5.69 Å². The fraction of sp³-hybridized carbons (Fsp3) is 0.263. The Morgan fingerprint density at radius 3 is 2.24 bits per heavy atom. The summed E-state index contributed by atoms with van der Waals surface area (Å²) in [5.41, 5.74) is 1.98. The molecule has 2 rings (SSSR count). The first-order chi connectivity index (χ1) is 13.6. The summed E-state index contributed by atoms with van der Waals surface area (Å²) in [5.74, 6) is 0.710. The van der Waals surface area contributed by atoms with Crippen LogP contribution in [0.3, 0.4) is 0 Å². The molecule has 1 amide bonds. The molecule has 2 aromatic rings. The maximum atomic E-state index is 12.5. The van der Waals surface area contributed by atoms with Crippen LogP contribution in [0.1, 0.15) is 15.9 Å². The Morgan fingerprint density at radius 1 is 1.03 bits per heavy atom. The highest BCUT2D eigenvalue weighted by Crippen LogP contribution is 2.31. The minimum Gasteiger partial charge on any atom is -0.497 e. The Bertz CT molecular complexity index is 873. The summed E-state index contributed by atoms with van der Waals surface area (Å²) < 4.78 is 8.63. The minimum absolute atomic E-state index is 0.108. The number of thiocarbonyl (C=S) groups is 1. The van der Waals surface area contributed by atoms with E-state index in [4.69, 9.17) is 56.5 Å². The van der Waals surface area contributed by atoms with Crippen molar-refractivity contribution in [2.24, 2.45) is 0 Å². The van der Waals surface area contributed by atoms with Crippen molar-refractivity contribution in [3.63, 3.8) is 0 Å². The van der Waals surface area contributed by atoms with Crippen molar-refractivity contribution in [1.29, 1.82) is 0 Å². The van der Waals surface area contributed by atoms with E-state index in [1.165, 1.54) is 7.11 Å². The first kappa shape index (κ1) is 23.3. The quantitative estimate of drug-likeness (QED) is 0.326. The predicted octanol–water partition coefficient (Wildman–Crippen LogP) is 4.42. The second kappa shape index (κ2) is 10.2. The van der Waals surface area contributed by atoms with E-state index in [1.807, 2.05) is 19.1 Å². The van der Waals surface area contributed by atoms with E-state index >= 15 is 0 Å². The molecule has 6 nitrogen and oxygen atoms in total. The molecule has 10 heteroatoms. The number of methoxy groups -OCH3 is 2. The van der Waals surface area contributed by atoms with Gasteiger partial charge in [-0.3, -0.25) is 4.79 Å². The molecule has 0 saturated heterocycles. The monoisotopic (exact) mass is 475 g/mol. The zero-order valence-corrected chi connectivity index (χ0v) is 19.0. The molecule has 0 aromatic heterocycles. The van der Waals surface area contributed by atoms with E-state index < -0.39 is 15.9 Å². The van der Waals surface area contributed by atoms with Gasteiger partial charge < -0.3 is 25.4 Å². The average Bonchev–Trinajstić information content (AvgIpc) is 2.67. The number of carbonyl (C=O) groups is 1. The van der Waals surface area contributed by atoms with Crippen LogP contribution in [0.5, 0.6) is 11.5 Å². The van der Waals surface area contributed by atoms with Gasteiger partial charge in [0.15, 0.2) is 5.11 Å². The topological polar surface area (TPSA) is 71.6 Å². The van der Waals surface area contributed by atoms with Gasteiger partial charge in [-0.2, -0.15) is 0 Å². The number of carbonyl (C=O) groups excluding carboxylic acids is 1. The third-order valence-electron chi connectivity index (χ3n) is 3.85. The van der Waals surface area contributed by atoms with E-state index in [0.29, 0.717) is 22.7 Å². The molecule has 0 saturated carbocycles. The number of halogens is 3. The number of alkyl halides is 3. The van der Waals surface area contributed by atoms with Crippen molar-refractivity contribution >= 4 is 63.7 Å². The lowest BCUT2D eigenvalue weighted by molar-refractivity contribution is 0.0934. The molecular weight excluding hydrogens is 457 g/mol. The van der Waals surface area contributed by atoms with Gasteiger partial charge in [-0.05, 0) is 43.4 Å². The summed E-state index contributed by atoms with van der Waals surface area (Å²) in [7, 11) is 3.07. The molecule has 0 radical (unpaired) electrons. The van der Waals surface area contributed by atoms with Gasteiger partial charge in [-0.15, -0.1) is 0 Å². The van der Waals surface area contributed by atoms with E-state index in [-0.39, 0.29) is 5.11 Å². The summed E-state index contributed by atoms with van der Waals surface area (Å²) in [4.78, 5) is 12.5. The Kier molecular flexibility index (Phi) is 8.22. The molecule has 0 aliphatic carbocycles. The summed E-state index contributed by atoms with van der Waals surface area (Å²) in [5, 5.41) is 8.49. The average molecular weight is 477 g/mol. The highest BCUT2D eigenvalue weighted by molar-refractivity contribution is 7.80. The van der Waals surface area contributed by atoms with Crippen molar-refractivity contribution in [1.82, 2.24) is 10.6 Å². The third-order valence-corrected chi connectivity index (χ3v) is 4.72. The molecule has 1 unspecified atom stereocenters. The Morgan fingerprint density at radius 2 is 1.69 bits per heavy atom. The molecule has 0 aliphatic rings. The maximum Gasteiger partial charge on any atom is 0.252 e. The number of hydrogen-bond acceptors (Lipinski definition) is 4. The van der Waals surface area contributed by atoms with Crippen molar-refractivity contribution in [3.05, 3.63) is 53.6 Å². The lowest BCUT2D eigenvalue weighted by atomic mass is 10.1. The number of aryl methyl sites for hydroxylation is 1. The lowest BCUT2D eigenvalue weighted by Crippen LogP contribution is -2.56. The SMILES string of the molecule is COc1ccc(OC)c(NC(=S)NC(NC(=O)c2ccc(C)cc2)C(Cl)(Cl)Cl)c1. The zero-order chi connectivity index (χ0) is 21.6. The number of ether oxygens (including phenoxy) is 2. The van der Waals surface area contributed by atoms with Gasteiger partial charge in [0.05, 0.1) is 19.9 Å². The van der Waals surface area contributed by atoms with Gasteiger partial charge in [-0.1, -0.05) is 52.5 Å². The minimum atomic E-state index is -1.87. The number of anilines is 1. The highest BCUT2D eigenvalue weighted by atomic mass is 35.6. The number of nitrogens with one attached hydrogen (secondary N) is 3. The molecule has 29 heavy (non-hydrogen) atoms. The van der Waals surface area contributed by atoms with Crippen LogP contribution in [0.25, 0.3) is 0 Å². The van der Waals surface area contributed by atoms with Crippen LogP contribution in [-0.2, 0) is 0 Å². The third kappa shape index (κ3) is 6.82. The van der Waals surface area contributed by atoms with Crippen LogP contribution in [0.15, 0.2) is 42.5 Å². The van der Waals surface area contributed by atoms with Crippen molar-refractivity contribution in [2.45, 2.75) is 16.9 Å². The standard InChI is InChI=1S/C19H20Cl3N3O3S/c1-11-4-6-12(7-5-11)16(26)24-17(19(20,21)22)25-18(29)23-14-10-13(27-2)8-9-15(14)28-3/h4-10,17H,1-3H3,(H,24,26)(H2,23,25,29). The van der Waals surface area contributed by atoms with Crippen LogP contribution < -0.4 is 25.4 Å². The molecule has 0 heterocycles. The van der Waals surface area contributed by atoms with Gasteiger partial charge in [0, 0.05) is 11.6 Å². The van der Waals surface area contributed by atoms with Crippen LogP contribution >= 0.6 is 47.0 Å². The number of amides is 1. The van der Waals surface area contributed by atoms with E-state index in [0.717, 1.165) is 5.56 Å². The molecule has 0 spiro atoms. The Hall–Kier alpha value is -1.93. The molecule has 2 aromatic carbocycles. The van der Waals surface area contributed by atoms with Gasteiger partial charge >= 0.3 is 0 Å². The van der Waals surface area contributed by atoms with Crippen molar-refractivity contribution in [3.8, 4) is 11.5 Å². The summed E-state index contributed by atoms with van der Waals surface area (Å²) in [6, 6.07) is 12.1. The molecule has 0 bridgehead atoms. The van der Waals surface area contributed by atoms with Crippen LogP contribution in [0, 0.1) is 6.92 Å². The second-order valence-corrected chi connectivity index (χ2v) is 8.76. The van der Waals surface area contributed by atoms with Crippen LogP contribution in [-0.4, -0.2) is 35.2 Å². The Balaban J connectivity index is 2.13. The zero-order valence-electron chi connectivity index (χ0n) is 15.9. The highest BCUT2D eigenvalue weighted by Gasteiger charge is 2.35. The van der Waals surface area contributed by atoms with E-state index in [9.17, 15) is 4.79 Å². The molecular formula is C19H20Cl3N3O3S. The summed E-state index contributed by atoms with van der Waals surface area (Å²) in [6.07, 6.45) is -1.10. The predicted molar refractivity (Wildman–Crippen MR) is 122 cm³/mol. The molecule has 3 N–H and O–H groups in total. The molecule has 156 valence electrons. The first-order valence-corrected chi connectivity index (χ1v) is 9.92. The molecule has 0 aliphatic heterocycles. The van der Waals surface area contributed by atoms with Gasteiger partial charge in [0.1, 0.15) is 17.7 Å². The van der Waals surface area contributed by atoms with Gasteiger partial charge in [0.25, 0.3) is 5.91 Å². The summed E-state index contributed by atoms with van der Waals surface area (Å²) in [6.45, 7) is 1.92. The number of rotatable bonds is 6. The number of benzene rings is 2. The molecule has 0 fully saturated rings. The van der Waals surface area contributed by atoms with E-state index in [2.05, 4.69) is 16.0 Å². The smallest absolute Gasteiger partial charge is 0.252 e. The summed E-state index contributed by atoms with van der Waals surface area (Å²) >= 11 is 23.4.